The molecule has 1 atom stereocenters. The summed E-state index contributed by atoms with van der Waals surface area (Å²) in [6, 6.07) is 6.58. The molecule has 0 bridgehead atoms. The summed E-state index contributed by atoms with van der Waals surface area (Å²) in [7, 11) is 1.32. The number of hydrogen-bond donors (Lipinski definition) is 1. The third-order valence-corrected chi connectivity index (χ3v) is 3.88. The van der Waals surface area contributed by atoms with Crippen molar-refractivity contribution >= 4 is 11.9 Å². The standard InChI is InChI=1S/C16H17N3O3/c1-22-16(21)12-5-2-4-11(10-12)15(20)19-9-3-6-13(19)14-17-7-8-18-14/h2,4-5,7-8,10,13H,3,6,9H2,1H3,(H,17,18)/t13-/m1/s1. The van der Waals surface area contributed by atoms with E-state index in [1.54, 1.807) is 41.6 Å². The maximum Gasteiger partial charge on any atom is 0.337 e. The number of hydrogen-bond acceptors (Lipinski definition) is 4. The van der Waals surface area contributed by atoms with Gasteiger partial charge in [0, 0.05) is 24.5 Å². The van der Waals surface area contributed by atoms with Crippen LogP contribution in [0.5, 0.6) is 0 Å². The Bertz CT molecular complexity index is 682. The molecule has 0 aliphatic carbocycles. The highest BCUT2D eigenvalue weighted by Gasteiger charge is 2.32. The number of rotatable bonds is 3. The van der Waals surface area contributed by atoms with Crippen LogP contribution in [0.3, 0.4) is 0 Å². The van der Waals surface area contributed by atoms with E-state index in [1.807, 2.05) is 0 Å². The Balaban J connectivity index is 1.86. The van der Waals surface area contributed by atoms with Crippen molar-refractivity contribution in [2.45, 2.75) is 18.9 Å². The van der Waals surface area contributed by atoms with Crippen LogP contribution in [0.2, 0.25) is 0 Å². The molecule has 0 saturated carbocycles. The van der Waals surface area contributed by atoms with E-state index in [0.29, 0.717) is 17.7 Å². The van der Waals surface area contributed by atoms with Crippen LogP contribution in [-0.4, -0.2) is 40.4 Å². The van der Waals surface area contributed by atoms with Crippen molar-refractivity contribution < 1.29 is 14.3 Å². The number of benzene rings is 1. The van der Waals surface area contributed by atoms with E-state index in [-0.39, 0.29) is 11.9 Å². The number of nitrogens with zero attached hydrogens (tertiary/aromatic N) is 2. The zero-order valence-electron chi connectivity index (χ0n) is 12.3. The predicted molar refractivity (Wildman–Crippen MR) is 79.4 cm³/mol. The fourth-order valence-electron chi connectivity index (χ4n) is 2.82. The third kappa shape index (κ3) is 2.59. The lowest BCUT2D eigenvalue weighted by Crippen LogP contribution is -2.31. The maximum absolute atomic E-state index is 12.7. The molecule has 2 aromatic rings. The highest BCUT2D eigenvalue weighted by molar-refractivity contribution is 5.98. The third-order valence-electron chi connectivity index (χ3n) is 3.88. The normalized spacial score (nSPS) is 17.5. The summed E-state index contributed by atoms with van der Waals surface area (Å²) >= 11 is 0. The average Bonchev–Trinajstić information content (AvgIpc) is 3.23. The zero-order chi connectivity index (χ0) is 15.5. The number of carbonyl (C=O) groups is 2. The van der Waals surface area contributed by atoms with E-state index < -0.39 is 5.97 Å². The van der Waals surface area contributed by atoms with Gasteiger partial charge >= 0.3 is 5.97 Å². The summed E-state index contributed by atoms with van der Waals surface area (Å²) in [5, 5.41) is 0. The van der Waals surface area contributed by atoms with Gasteiger partial charge in [0.05, 0.1) is 18.7 Å². The zero-order valence-corrected chi connectivity index (χ0v) is 12.3. The van der Waals surface area contributed by atoms with Crippen LogP contribution < -0.4 is 0 Å². The first-order chi connectivity index (χ1) is 10.7. The molecule has 0 unspecified atom stereocenters. The molecule has 1 fully saturated rings. The van der Waals surface area contributed by atoms with Crippen LogP contribution in [-0.2, 0) is 4.74 Å². The fraction of sp³-hybridized carbons (Fsp3) is 0.312. The molecule has 1 aliphatic rings. The minimum atomic E-state index is -0.446. The van der Waals surface area contributed by atoms with Crippen molar-refractivity contribution in [3.8, 4) is 0 Å². The lowest BCUT2D eigenvalue weighted by atomic mass is 10.1. The fourth-order valence-corrected chi connectivity index (χ4v) is 2.82. The van der Waals surface area contributed by atoms with E-state index >= 15 is 0 Å². The molecule has 0 spiro atoms. The van der Waals surface area contributed by atoms with Crippen LogP contribution in [0.4, 0.5) is 0 Å². The van der Waals surface area contributed by atoms with Gasteiger partial charge in [-0.25, -0.2) is 9.78 Å². The monoisotopic (exact) mass is 299 g/mol. The highest BCUT2D eigenvalue weighted by Crippen LogP contribution is 2.31. The number of nitrogens with one attached hydrogen (secondary N) is 1. The van der Waals surface area contributed by atoms with Crippen LogP contribution in [0, 0.1) is 0 Å². The van der Waals surface area contributed by atoms with Gasteiger partial charge in [0.25, 0.3) is 5.91 Å². The lowest BCUT2D eigenvalue weighted by molar-refractivity contribution is 0.0600. The Kier molecular flexibility index (Phi) is 3.91. The van der Waals surface area contributed by atoms with Gasteiger partial charge in [-0.05, 0) is 31.0 Å². The summed E-state index contributed by atoms with van der Waals surface area (Å²) in [4.78, 5) is 33.5. The molecule has 2 heterocycles. The number of likely N-dealkylation sites (tertiary alicyclic amines) is 1. The van der Waals surface area contributed by atoms with Crippen LogP contribution in [0.25, 0.3) is 0 Å². The minimum absolute atomic E-state index is 0.0377. The van der Waals surface area contributed by atoms with Crippen LogP contribution in [0.15, 0.2) is 36.7 Å². The van der Waals surface area contributed by atoms with Gasteiger partial charge in [-0.1, -0.05) is 6.07 Å². The topological polar surface area (TPSA) is 75.3 Å². The minimum Gasteiger partial charge on any atom is -0.465 e. The summed E-state index contributed by atoms with van der Waals surface area (Å²) in [6.07, 6.45) is 5.27. The summed E-state index contributed by atoms with van der Waals surface area (Å²) < 4.78 is 4.70. The molecule has 1 aliphatic heterocycles. The summed E-state index contributed by atoms with van der Waals surface area (Å²) in [6.45, 7) is 0.687. The molecule has 114 valence electrons. The molecule has 1 amide bonds. The summed E-state index contributed by atoms with van der Waals surface area (Å²) in [5.74, 6) is 0.262. The first kappa shape index (κ1) is 14.3. The first-order valence-electron chi connectivity index (χ1n) is 7.19. The number of methoxy groups -OCH3 is 1. The molecule has 0 radical (unpaired) electrons. The smallest absolute Gasteiger partial charge is 0.337 e. The molecule has 6 heteroatoms. The number of aromatic amines is 1. The molecule has 1 aromatic heterocycles. The molecule has 1 N–H and O–H groups in total. The van der Waals surface area contributed by atoms with E-state index in [4.69, 9.17) is 4.74 Å². The number of ether oxygens (including phenoxy) is 1. The average molecular weight is 299 g/mol. The van der Waals surface area contributed by atoms with Crippen molar-refractivity contribution in [3.63, 3.8) is 0 Å². The van der Waals surface area contributed by atoms with Crippen LogP contribution in [0.1, 0.15) is 45.4 Å². The van der Waals surface area contributed by atoms with Gasteiger partial charge in [0.1, 0.15) is 5.82 Å². The maximum atomic E-state index is 12.7. The Labute approximate surface area is 128 Å². The Morgan fingerprint density at radius 3 is 2.91 bits per heavy atom. The van der Waals surface area contributed by atoms with Crippen molar-refractivity contribution in [3.05, 3.63) is 53.6 Å². The van der Waals surface area contributed by atoms with E-state index in [2.05, 4.69) is 9.97 Å². The second kappa shape index (κ2) is 6.01. The Morgan fingerprint density at radius 2 is 2.18 bits per heavy atom. The highest BCUT2D eigenvalue weighted by atomic mass is 16.5. The van der Waals surface area contributed by atoms with Gasteiger partial charge in [-0.15, -0.1) is 0 Å². The van der Waals surface area contributed by atoms with Gasteiger partial charge in [-0.3, -0.25) is 4.79 Å². The number of carbonyl (C=O) groups excluding carboxylic acids is 2. The van der Waals surface area contributed by atoms with E-state index in [9.17, 15) is 9.59 Å². The number of H-pyrrole nitrogens is 1. The molecule has 3 rings (SSSR count). The largest absolute Gasteiger partial charge is 0.465 e. The predicted octanol–water partition coefficient (Wildman–Crippen LogP) is 2.17. The number of amides is 1. The first-order valence-corrected chi connectivity index (χ1v) is 7.19. The summed E-state index contributed by atoms with van der Waals surface area (Å²) in [5.41, 5.74) is 0.864. The number of imidazole rings is 1. The molecular formula is C16H17N3O3. The number of aromatic nitrogens is 2. The SMILES string of the molecule is COC(=O)c1cccc(C(=O)N2CCC[C@@H]2c2ncc[nH]2)c1. The van der Waals surface area contributed by atoms with Crippen molar-refractivity contribution in [1.29, 1.82) is 0 Å². The molecule has 1 saturated heterocycles. The van der Waals surface area contributed by atoms with Crippen molar-refractivity contribution in [1.82, 2.24) is 14.9 Å². The van der Waals surface area contributed by atoms with Gasteiger partial charge in [0.15, 0.2) is 0 Å². The molecule has 22 heavy (non-hydrogen) atoms. The second-order valence-electron chi connectivity index (χ2n) is 5.20. The van der Waals surface area contributed by atoms with Crippen LogP contribution >= 0.6 is 0 Å². The Morgan fingerprint density at radius 1 is 1.36 bits per heavy atom. The van der Waals surface area contributed by atoms with Crippen molar-refractivity contribution in [2.75, 3.05) is 13.7 Å². The second-order valence-corrected chi connectivity index (χ2v) is 5.20. The lowest BCUT2D eigenvalue weighted by Gasteiger charge is -2.23. The van der Waals surface area contributed by atoms with E-state index in [1.165, 1.54) is 7.11 Å². The quantitative estimate of drug-likeness (QED) is 0.881. The van der Waals surface area contributed by atoms with Gasteiger partial charge in [0.2, 0.25) is 0 Å². The van der Waals surface area contributed by atoms with Crippen molar-refractivity contribution in [2.24, 2.45) is 0 Å². The molecular weight excluding hydrogens is 282 g/mol. The number of esters is 1. The van der Waals surface area contributed by atoms with E-state index in [0.717, 1.165) is 18.7 Å². The Hall–Kier alpha value is -2.63. The molecule has 6 nitrogen and oxygen atoms in total. The molecule has 1 aromatic carbocycles. The van der Waals surface area contributed by atoms with Gasteiger partial charge < -0.3 is 14.6 Å². The van der Waals surface area contributed by atoms with Gasteiger partial charge in [-0.2, -0.15) is 0 Å².